The predicted molar refractivity (Wildman–Crippen MR) is 78.1 cm³/mol. The number of phenols is 2. The first-order valence-corrected chi connectivity index (χ1v) is 6.83. The molecule has 104 valence electrons. The molecule has 4 nitrogen and oxygen atoms in total. The van der Waals surface area contributed by atoms with Crippen molar-refractivity contribution in [1.82, 2.24) is 5.16 Å². The molecule has 1 aromatic heterocycles. The summed E-state index contributed by atoms with van der Waals surface area (Å²) in [7, 11) is 0. The Labute approximate surface area is 121 Å². The SMILES string of the molecule is Oc1ccc2c(c1)CCc1c(-c3ccccc3O)noc1-2. The van der Waals surface area contributed by atoms with Crippen molar-refractivity contribution < 1.29 is 14.7 Å². The van der Waals surface area contributed by atoms with E-state index in [0.29, 0.717) is 11.3 Å². The van der Waals surface area contributed by atoms with Gasteiger partial charge in [-0.1, -0.05) is 17.3 Å². The molecule has 4 heteroatoms. The van der Waals surface area contributed by atoms with E-state index in [9.17, 15) is 10.2 Å². The Hall–Kier alpha value is -2.75. The van der Waals surface area contributed by atoms with Crippen LogP contribution in [0.2, 0.25) is 0 Å². The number of benzene rings is 2. The lowest BCUT2D eigenvalue weighted by atomic mass is 9.88. The van der Waals surface area contributed by atoms with Gasteiger partial charge in [-0.05, 0) is 48.7 Å². The van der Waals surface area contributed by atoms with Crippen LogP contribution in [0.25, 0.3) is 22.6 Å². The number of aromatic nitrogens is 1. The van der Waals surface area contributed by atoms with Gasteiger partial charge in [-0.3, -0.25) is 0 Å². The summed E-state index contributed by atoms with van der Waals surface area (Å²) in [6.45, 7) is 0. The molecule has 0 bridgehead atoms. The first-order chi connectivity index (χ1) is 10.2. The van der Waals surface area contributed by atoms with Crippen LogP contribution in [0.1, 0.15) is 11.1 Å². The molecule has 0 saturated heterocycles. The lowest BCUT2D eigenvalue weighted by Gasteiger charge is -2.15. The molecule has 3 aromatic rings. The zero-order chi connectivity index (χ0) is 14.4. The molecule has 1 aliphatic carbocycles. The van der Waals surface area contributed by atoms with Crippen LogP contribution in [0.5, 0.6) is 11.5 Å². The monoisotopic (exact) mass is 279 g/mol. The maximum atomic E-state index is 10.0. The van der Waals surface area contributed by atoms with Crippen molar-refractivity contribution >= 4 is 0 Å². The average molecular weight is 279 g/mol. The number of nitrogens with zero attached hydrogens (tertiary/aromatic N) is 1. The van der Waals surface area contributed by atoms with E-state index in [1.54, 1.807) is 24.3 Å². The summed E-state index contributed by atoms with van der Waals surface area (Å²) in [5, 5.41) is 23.7. The molecule has 4 rings (SSSR count). The van der Waals surface area contributed by atoms with E-state index in [1.165, 1.54) is 0 Å². The Balaban J connectivity index is 1.90. The van der Waals surface area contributed by atoms with Crippen molar-refractivity contribution in [2.75, 3.05) is 0 Å². The number of rotatable bonds is 1. The molecule has 0 fully saturated rings. The van der Waals surface area contributed by atoms with Crippen LogP contribution < -0.4 is 0 Å². The van der Waals surface area contributed by atoms with E-state index >= 15 is 0 Å². The Kier molecular flexibility index (Phi) is 2.51. The fourth-order valence-electron chi connectivity index (χ4n) is 2.91. The van der Waals surface area contributed by atoms with Crippen molar-refractivity contribution in [1.29, 1.82) is 0 Å². The Morgan fingerprint density at radius 3 is 2.67 bits per heavy atom. The quantitative estimate of drug-likeness (QED) is 0.715. The third-order valence-electron chi connectivity index (χ3n) is 3.93. The summed E-state index contributed by atoms with van der Waals surface area (Å²) in [6.07, 6.45) is 1.59. The van der Waals surface area contributed by atoms with Crippen molar-refractivity contribution in [2.45, 2.75) is 12.8 Å². The second-order valence-electron chi connectivity index (χ2n) is 5.20. The van der Waals surface area contributed by atoms with Gasteiger partial charge in [0.15, 0.2) is 5.76 Å². The molecular weight excluding hydrogens is 266 g/mol. The third kappa shape index (κ3) is 1.80. The minimum atomic E-state index is 0.199. The number of phenolic OH excluding ortho intramolecular Hbond substituents is 2. The predicted octanol–water partition coefficient (Wildman–Crippen LogP) is 3.52. The number of para-hydroxylation sites is 1. The maximum absolute atomic E-state index is 10.0. The van der Waals surface area contributed by atoms with Gasteiger partial charge in [0.25, 0.3) is 0 Å². The van der Waals surface area contributed by atoms with Crippen LogP contribution in [0, 0.1) is 0 Å². The van der Waals surface area contributed by atoms with Gasteiger partial charge in [0.05, 0.1) is 0 Å². The first kappa shape index (κ1) is 12.0. The van der Waals surface area contributed by atoms with Gasteiger partial charge >= 0.3 is 0 Å². The van der Waals surface area contributed by atoms with Gasteiger partial charge in [0.1, 0.15) is 17.2 Å². The minimum Gasteiger partial charge on any atom is -0.508 e. The van der Waals surface area contributed by atoms with E-state index in [1.807, 2.05) is 18.2 Å². The third-order valence-corrected chi connectivity index (χ3v) is 3.93. The lowest BCUT2D eigenvalue weighted by molar-refractivity contribution is 0.431. The standard InChI is InChI=1S/C17H13NO3/c19-11-6-8-12-10(9-11)5-7-14-16(18-21-17(12)14)13-3-1-2-4-15(13)20/h1-4,6,8-9,19-20H,5,7H2. The van der Waals surface area contributed by atoms with Gasteiger partial charge in [-0.2, -0.15) is 0 Å². The van der Waals surface area contributed by atoms with Gasteiger partial charge in [0.2, 0.25) is 0 Å². The van der Waals surface area contributed by atoms with Crippen LogP contribution in [0.3, 0.4) is 0 Å². The van der Waals surface area contributed by atoms with Gasteiger partial charge in [-0.25, -0.2) is 0 Å². The Morgan fingerprint density at radius 2 is 1.81 bits per heavy atom. The second-order valence-corrected chi connectivity index (χ2v) is 5.20. The van der Waals surface area contributed by atoms with Crippen LogP contribution in [0.15, 0.2) is 47.0 Å². The van der Waals surface area contributed by atoms with E-state index in [0.717, 1.165) is 35.3 Å². The second kappa shape index (κ2) is 4.38. The van der Waals surface area contributed by atoms with Gasteiger partial charge in [0, 0.05) is 16.7 Å². The van der Waals surface area contributed by atoms with Crippen molar-refractivity contribution in [3.8, 4) is 34.1 Å². The molecule has 1 aliphatic rings. The molecule has 2 aromatic carbocycles. The van der Waals surface area contributed by atoms with Gasteiger partial charge < -0.3 is 14.7 Å². The highest BCUT2D eigenvalue weighted by molar-refractivity contribution is 5.78. The van der Waals surface area contributed by atoms with E-state index < -0.39 is 0 Å². The molecule has 0 atom stereocenters. The first-order valence-electron chi connectivity index (χ1n) is 6.83. The summed E-state index contributed by atoms with van der Waals surface area (Å²) in [6, 6.07) is 12.4. The topological polar surface area (TPSA) is 66.5 Å². The normalized spacial score (nSPS) is 12.8. The molecule has 0 radical (unpaired) electrons. The van der Waals surface area contributed by atoms with Crippen LogP contribution >= 0.6 is 0 Å². The molecule has 0 saturated carbocycles. The Bertz CT molecular complexity index is 836. The summed E-state index contributed by atoms with van der Waals surface area (Å²) < 4.78 is 5.52. The zero-order valence-corrected chi connectivity index (χ0v) is 11.2. The lowest BCUT2D eigenvalue weighted by Crippen LogP contribution is -2.02. The van der Waals surface area contributed by atoms with Crippen LogP contribution in [-0.4, -0.2) is 15.4 Å². The highest BCUT2D eigenvalue weighted by atomic mass is 16.5. The highest BCUT2D eigenvalue weighted by Crippen LogP contribution is 2.41. The molecule has 1 heterocycles. The number of hydrogen-bond acceptors (Lipinski definition) is 4. The zero-order valence-electron chi connectivity index (χ0n) is 11.2. The van der Waals surface area contributed by atoms with Crippen molar-refractivity contribution in [3.63, 3.8) is 0 Å². The summed E-state index contributed by atoms with van der Waals surface area (Å²) in [5.41, 5.74) is 4.41. The van der Waals surface area contributed by atoms with E-state index in [-0.39, 0.29) is 11.5 Å². The Morgan fingerprint density at radius 1 is 0.952 bits per heavy atom. The van der Waals surface area contributed by atoms with E-state index in [2.05, 4.69) is 5.16 Å². The number of fused-ring (bicyclic) bond motifs is 3. The fraction of sp³-hybridized carbons (Fsp3) is 0.118. The minimum absolute atomic E-state index is 0.199. The van der Waals surface area contributed by atoms with Crippen LogP contribution in [-0.2, 0) is 12.8 Å². The molecule has 0 amide bonds. The molecule has 0 spiro atoms. The molecule has 2 N–H and O–H groups in total. The average Bonchev–Trinajstić information content (AvgIpc) is 2.91. The summed E-state index contributed by atoms with van der Waals surface area (Å²) in [5.74, 6) is 1.19. The van der Waals surface area contributed by atoms with Gasteiger partial charge in [-0.15, -0.1) is 0 Å². The van der Waals surface area contributed by atoms with E-state index in [4.69, 9.17) is 4.52 Å². The number of aryl methyl sites for hydroxylation is 1. The fourth-order valence-corrected chi connectivity index (χ4v) is 2.91. The molecule has 0 unspecified atom stereocenters. The number of hydrogen-bond donors (Lipinski definition) is 2. The maximum Gasteiger partial charge on any atom is 0.170 e. The summed E-state index contributed by atoms with van der Waals surface area (Å²) >= 11 is 0. The summed E-state index contributed by atoms with van der Waals surface area (Å²) in [4.78, 5) is 0. The smallest absolute Gasteiger partial charge is 0.170 e. The molecular formula is C17H13NO3. The molecule has 21 heavy (non-hydrogen) atoms. The van der Waals surface area contributed by atoms with Crippen molar-refractivity contribution in [2.24, 2.45) is 0 Å². The largest absolute Gasteiger partial charge is 0.508 e. The number of aromatic hydroxyl groups is 2. The highest BCUT2D eigenvalue weighted by Gasteiger charge is 2.26. The molecule has 0 aliphatic heterocycles. The van der Waals surface area contributed by atoms with Crippen molar-refractivity contribution in [3.05, 3.63) is 53.6 Å². The van der Waals surface area contributed by atoms with Crippen LogP contribution in [0.4, 0.5) is 0 Å².